The molecule has 2 heterocycles. The number of hydrogen-bond acceptors (Lipinski definition) is 26. The van der Waals surface area contributed by atoms with Crippen LogP contribution >= 0.6 is 0 Å². The molecule has 2 unspecified atom stereocenters. The number of fused-ring (bicyclic) bond motifs is 2. The molecule has 6 amide bonds. The molecule has 2 aliphatic heterocycles. The van der Waals surface area contributed by atoms with E-state index in [2.05, 4.69) is 10.6 Å². The molecule has 2 atom stereocenters. The number of nitrogens with zero attached hydrogens (tertiary/aromatic N) is 2. The molecule has 126 heavy (non-hydrogen) atoms. The predicted molar refractivity (Wildman–Crippen MR) is 480 cm³/mol. The van der Waals surface area contributed by atoms with E-state index in [9.17, 15) is 0 Å². The molecule has 13 rings (SSSR count). The Hall–Kier alpha value is -11.3. The lowest BCUT2D eigenvalue weighted by Gasteiger charge is -2.37. The molecule has 0 fully saturated rings. The minimum atomic E-state index is -3.10. The Morgan fingerprint density at radius 3 is 0.706 bits per heavy atom. The summed E-state index contributed by atoms with van der Waals surface area (Å²) in [6, 6.07) is 45.4. The summed E-state index contributed by atoms with van der Waals surface area (Å²) >= 11 is 0. The zero-order chi connectivity index (χ0) is 90.1. The van der Waals surface area contributed by atoms with Crippen molar-refractivity contribution in [2.24, 2.45) is 11.8 Å². The van der Waals surface area contributed by atoms with Gasteiger partial charge in [-0.3, -0.25) is 38.6 Å². The fourth-order valence-corrected chi connectivity index (χ4v) is 21.9. The van der Waals surface area contributed by atoms with Crippen molar-refractivity contribution in [3.8, 4) is 69.0 Å². The van der Waals surface area contributed by atoms with Crippen molar-refractivity contribution in [1.29, 1.82) is 0 Å². The van der Waals surface area contributed by atoms with Crippen LogP contribution in [0.4, 0.5) is 11.4 Å². The van der Waals surface area contributed by atoms with E-state index in [-0.39, 0.29) is 138 Å². The van der Waals surface area contributed by atoms with Crippen LogP contribution in [0.1, 0.15) is 80.3 Å². The zero-order valence-corrected chi connectivity index (χ0v) is 77.6. The van der Waals surface area contributed by atoms with Crippen LogP contribution in [-0.2, 0) is 62.7 Å². The molecule has 0 radical (unpaired) electrons. The zero-order valence-electron chi connectivity index (χ0n) is 73.6. The summed E-state index contributed by atoms with van der Waals surface area (Å²) in [6.07, 6.45) is 0. The first kappa shape index (κ1) is 92.4. The average molecular weight is 1790 g/mol. The highest BCUT2D eigenvalue weighted by molar-refractivity contribution is 6.62. The molecule has 0 spiro atoms. The van der Waals surface area contributed by atoms with Gasteiger partial charge in [-0.2, -0.15) is 0 Å². The standard InChI is InChI=1S/C92H104N4O26Si4/c1-55(2)85(87(97)93-59-23-19-21-57(5)49-59)95-89(99)69-51-73(119-65-33-25-61(26-34-65)115-41-45-123(103-7,104-8)105-9)79-81-75(121-67-37-29-63(30-38-67)117-43-47-125(109-13,110-14)111-15)53-71-78-72(92(102)96(91(71)101)86(56(3)4)88(98)94-60-24-20-22-58(6)50-60)54-76(122-68-39-31-64(32-40-68)118-44-48-126(112-16,113-17)114-18)82(84(78)81)80-74(52-70(90(95)100)77(69)83(79)80)120-66-35-27-62(28-36-66)116-42-46-124(106-10,107-11)108-12/h19-40,49-56,85-86H,41-48H2,1-18H3,(H,93,97)(H,94,98). The van der Waals surface area contributed by atoms with E-state index in [0.29, 0.717) is 58.5 Å². The summed E-state index contributed by atoms with van der Waals surface area (Å²) in [6.45, 7) is 11.2. The van der Waals surface area contributed by atoms with Gasteiger partial charge in [0, 0.05) is 140 Å². The van der Waals surface area contributed by atoms with E-state index in [0.717, 1.165) is 20.9 Å². The van der Waals surface area contributed by atoms with Crippen molar-refractivity contribution in [3.63, 3.8) is 0 Å². The van der Waals surface area contributed by atoms with E-state index in [4.69, 9.17) is 91.0 Å². The summed E-state index contributed by atoms with van der Waals surface area (Å²) in [5, 5.41) is 7.04. The SMILES string of the molecule is CO[Si](CCOc1ccc(Oc2cc3c4c(cc(Oc5ccc(OCC[Si](OC)(OC)OC)cc5)c5c6c(Oc7ccc(OCC[Si](OC)(OC)OC)cc7)cc7c8c(cc(Oc9ccc(OCC[Si](OC)(OC)OC)cc9)c(c2c45)c86)C(=O)N(C(C(=O)Nc2cccc(C)c2)C(C)C)C7=O)C(=O)N(C(C(=O)Nc2cccc(C)c2)C(C)C)C3=O)cc1)(OC)OC. The molecule has 0 saturated heterocycles. The second-order valence-corrected chi connectivity index (χ2v) is 43.0. The molecule has 30 nitrogen and oxygen atoms in total. The van der Waals surface area contributed by atoms with Gasteiger partial charge in [0.05, 0.1) is 72.9 Å². The first-order valence-corrected chi connectivity index (χ1v) is 48.5. The normalized spacial score (nSPS) is 13.7. The minimum absolute atomic E-state index is 0.0476. The highest BCUT2D eigenvalue weighted by atomic mass is 28.4. The maximum absolute atomic E-state index is 16.7. The van der Waals surface area contributed by atoms with Crippen LogP contribution < -0.4 is 48.5 Å². The van der Waals surface area contributed by atoms with Gasteiger partial charge in [0.25, 0.3) is 23.6 Å². The summed E-state index contributed by atoms with van der Waals surface area (Å²) in [5.41, 5.74) is 2.16. The second kappa shape index (κ2) is 39.7. The van der Waals surface area contributed by atoms with E-state index in [1.54, 1.807) is 161 Å². The highest BCUT2D eigenvalue weighted by Crippen LogP contribution is 2.59. The Morgan fingerprint density at radius 1 is 0.294 bits per heavy atom. The Kier molecular flexibility index (Phi) is 29.1. The topological polar surface area (TPSA) is 318 Å². The number of benzene rings is 11. The van der Waals surface area contributed by atoms with Gasteiger partial charge < -0.3 is 102 Å². The largest absolute Gasteiger partial charge is 0.503 e. The van der Waals surface area contributed by atoms with E-state index in [1.807, 2.05) is 26.0 Å². The number of hydrogen-bond donors (Lipinski definition) is 2. The van der Waals surface area contributed by atoms with Crippen molar-refractivity contribution in [1.82, 2.24) is 9.80 Å². The van der Waals surface area contributed by atoms with Gasteiger partial charge in [-0.25, -0.2) is 0 Å². The number of rotatable bonds is 44. The van der Waals surface area contributed by atoms with Crippen LogP contribution in [0.5, 0.6) is 69.0 Å². The third-order valence-corrected chi connectivity index (χ3v) is 33.3. The molecule has 11 aromatic rings. The van der Waals surface area contributed by atoms with Gasteiger partial charge in [0.1, 0.15) is 81.1 Å². The molecule has 664 valence electrons. The van der Waals surface area contributed by atoms with Crippen LogP contribution in [0.3, 0.4) is 0 Å². The van der Waals surface area contributed by atoms with Crippen molar-refractivity contribution >= 4 is 125 Å². The lowest BCUT2D eigenvalue weighted by Crippen LogP contribution is -2.54. The van der Waals surface area contributed by atoms with Gasteiger partial charge in [-0.1, -0.05) is 52.0 Å². The molecule has 0 aliphatic carbocycles. The average Bonchev–Trinajstić information content (AvgIpc) is 0.669. The Morgan fingerprint density at radius 2 is 0.508 bits per heavy atom. The van der Waals surface area contributed by atoms with Gasteiger partial charge in [0.2, 0.25) is 11.8 Å². The second-order valence-electron chi connectivity index (χ2n) is 30.6. The monoisotopic (exact) mass is 1790 g/mol. The molecule has 0 saturated carbocycles. The molecular formula is C92H104N4O26Si4. The number of nitrogens with one attached hydrogen (secondary N) is 2. The number of ether oxygens (including phenoxy) is 8. The summed E-state index contributed by atoms with van der Waals surface area (Å²) in [4.78, 5) is 99.2. The highest BCUT2D eigenvalue weighted by Gasteiger charge is 2.49. The van der Waals surface area contributed by atoms with E-state index >= 15 is 28.8 Å². The molecule has 34 heteroatoms. The summed E-state index contributed by atoms with van der Waals surface area (Å²) < 4.78 is 123. The molecule has 0 aromatic heterocycles. The molecule has 0 bridgehead atoms. The first-order valence-electron chi connectivity index (χ1n) is 40.8. The summed E-state index contributed by atoms with van der Waals surface area (Å²) in [7, 11) is 5.77. The molecule has 2 aliphatic rings. The van der Waals surface area contributed by atoms with Gasteiger partial charge in [-0.15, -0.1) is 0 Å². The number of carbonyl (C=O) groups is 6. The van der Waals surface area contributed by atoms with E-state index in [1.165, 1.54) is 110 Å². The Labute approximate surface area is 734 Å². The Balaban J connectivity index is 1.13. The van der Waals surface area contributed by atoms with Crippen molar-refractivity contribution in [2.45, 2.75) is 77.8 Å². The number of aryl methyl sites for hydroxylation is 2. The maximum Gasteiger partial charge on any atom is 0.503 e. The van der Waals surface area contributed by atoms with Crippen molar-refractivity contribution < 1.29 is 120 Å². The number of imide groups is 2. The minimum Gasteiger partial charge on any atom is -0.494 e. The lowest BCUT2D eigenvalue weighted by molar-refractivity contribution is -0.121. The predicted octanol–water partition coefficient (Wildman–Crippen LogP) is 17.1. The van der Waals surface area contributed by atoms with E-state index < -0.39 is 94.6 Å². The number of anilines is 2. The quantitative estimate of drug-likeness (QED) is 0.0155. The van der Waals surface area contributed by atoms with Crippen LogP contribution in [-0.4, -0.2) is 204 Å². The number of carbonyl (C=O) groups excluding carboxylic acids is 6. The third-order valence-electron chi connectivity index (χ3n) is 22.5. The van der Waals surface area contributed by atoms with Gasteiger partial charge >= 0.3 is 35.2 Å². The fraction of sp³-hybridized carbons (Fsp3) is 0.326. The maximum atomic E-state index is 16.7. The van der Waals surface area contributed by atoms with Crippen LogP contribution in [0.2, 0.25) is 24.2 Å². The molecular weight excluding hydrogens is 1690 g/mol. The van der Waals surface area contributed by atoms with Crippen LogP contribution in [0.25, 0.3) is 43.1 Å². The van der Waals surface area contributed by atoms with Crippen LogP contribution in [0.15, 0.2) is 170 Å². The molecule has 2 N–H and O–H groups in total. The van der Waals surface area contributed by atoms with Crippen molar-refractivity contribution in [2.75, 3.05) is 122 Å². The summed E-state index contributed by atoms with van der Waals surface area (Å²) in [5.74, 6) is -3.99. The first-order chi connectivity index (χ1) is 60.7. The lowest BCUT2D eigenvalue weighted by atomic mass is 9.80. The van der Waals surface area contributed by atoms with Gasteiger partial charge in [0.15, 0.2) is 0 Å². The van der Waals surface area contributed by atoms with Gasteiger partial charge in [-0.05, 0) is 182 Å². The fourth-order valence-electron chi connectivity index (χ4n) is 16.0. The third kappa shape index (κ3) is 18.9. The van der Waals surface area contributed by atoms with Crippen LogP contribution in [0, 0.1) is 25.7 Å². The molecule has 11 aromatic carbocycles. The smallest absolute Gasteiger partial charge is 0.494 e. The number of amides is 6. The van der Waals surface area contributed by atoms with Crippen molar-refractivity contribution in [3.05, 3.63) is 203 Å². The Bertz CT molecular complexity index is 5140.